The van der Waals surface area contributed by atoms with Gasteiger partial charge >= 0.3 is 0 Å². The van der Waals surface area contributed by atoms with Crippen LogP contribution in [0.15, 0.2) is 42.6 Å². The van der Waals surface area contributed by atoms with E-state index < -0.39 is 8.07 Å². The van der Waals surface area contributed by atoms with Crippen molar-refractivity contribution in [3.63, 3.8) is 0 Å². The molecule has 0 saturated heterocycles. The Labute approximate surface area is 177 Å². The lowest BCUT2D eigenvalue weighted by molar-refractivity contribution is -0.659. The van der Waals surface area contributed by atoms with Gasteiger partial charge in [-0.05, 0) is 55.0 Å². The summed E-state index contributed by atoms with van der Waals surface area (Å²) in [5, 5.41) is 4.40. The van der Waals surface area contributed by atoms with Gasteiger partial charge in [-0.25, -0.2) is 4.57 Å². The molecule has 0 atom stereocenters. The van der Waals surface area contributed by atoms with Crippen molar-refractivity contribution in [1.29, 1.82) is 0 Å². The standard InChI is InChI=1S/C27H36NSi/c1-19-16-20(2)21(3)26(17-19)27-25-13-12-24(18-22(25)14-15-28(27)4)29(5,6)23-10-8-7-9-11-23/h12-18,23H,7-11H2,1-6H3/q+1. The van der Waals surface area contributed by atoms with Crippen LogP contribution in [0.4, 0.5) is 0 Å². The van der Waals surface area contributed by atoms with Crippen LogP contribution in [-0.2, 0) is 7.05 Å². The summed E-state index contributed by atoms with van der Waals surface area (Å²) >= 11 is 0. The zero-order chi connectivity index (χ0) is 20.8. The third-order valence-corrected chi connectivity index (χ3v) is 12.0. The molecule has 1 nitrogen and oxygen atoms in total. The van der Waals surface area contributed by atoms with Gasteiger partial charge in [-0.3, -0.25) is 0 Å². The Balaban J connectivity index is 1.86. The molecule has 3 aromatic rings. The molecule has 1 aliphatic rings. The predicted molar refractivity (Wildman–Crippen MR) is 129 cm³/mol. The van der Waals surface area contributed by atoms with E-state index in [2.05, 4.69) is 88.1 Å². The van der Waals surface area contributed by atoms with Crippen LogP contribution in [0.25, 0.3) is 22.0 Å². The largest absolute Gasteiger partial charge is 0.220 e. The number of aromatic nitrogens is 1. The van der Waals surface area contributed by atoms with Gasteiger partial charge in [-0.15, -0.1) is 0 Å². The van der Waals surface area contributed by atoms with E-state index in [1.54, 1.807) is 5.19 Å². The maximum Gasteiger partial charge on any atom is 0.220 e. The van der Waals surface area contributed by atoms with Crippen molar-refractivity contribution in [3.8, 4) is 11.3 Å². The number of fused-ring (bicyclic) bond motifs is 1. The summed E-state index contributed by atoms with van der Waals surface area (Å²) < 4.78 is 2.30. The Kier molecular flexibility index (Phi) is 5.41. The van der Waals surface area contributed by atoms with Crippen LogP contribution in [0.5, 0.6) is 0 Å². The van der Waals surface area contributed by atoms with Gasteiger partial charge in [-0.1, -0.05) is 74.1 Å². The molecular formula is C27H36NSi+. The van der Waals surface area contributed by atoms with Gasteiger partial charge in [0.1, 0.15) is 7.05 Å². The van der Waals surface area contributed by atoms with Gasteiger partial charge in [-0.2, -0.15) is 0 Å². The van der Waals surface area contributed by atoms with Crippen molar-refractivity contribution in [1.82, 2.24) is 0 Å². The number of aryl methyl sites for hydroxylation is 3. The predicted octanol–water partition coefficient (Wildman–Crippen LogP) is 6.51. The molecule has 0 N–H and O–H groups in total. The van der Waals surface area contributed by atoms with E-state index in [9.17, 15) is 0 Å². The van der Waals surface area contributed by atoms with Gasteiger partial charge in [0.15, 0.2) is 6.20 Å². The minimum Gasteiger partial charge on any atom is -0.200 e. The molecule has 1 aromatic heterocycles. The normalized spacial score (nSPS) is 15.8. The lowest BCUT2D eigenvalue weighted by Gasteiger charge is -2.36. The van der Waals surface area contributed by atoms with E-state index in [-0.39, 0.29) is 0 Å². The molecule has 0 unspecified atom stereocenters. The summed E-state index contributed by atoms with van der Waals surface area (Å²) in [6, 6.07) is 14.4. The minimum atomic E-state index is -1.44. The van der Waals surface area contributed by atoms with Crippen molar-refractivity contribution in [2.24, 2.45) is 7.05 Å². The number of hydrogen-bond donors (Lipinski definition) is 0. The maximum absolute atomic E-state index is 2.60. The van der Waals surface area contributed by atoms with Crippen LogP contribution in [-0.4, -0.2) is 8.07 Å². The zero-order valence-electron chi connectivity index (χ0n) is 19.1. The van der Waals surface area contributed by atoms with Crippen LogP contribution in [0.1, 0.15) is 48.8 Å². The van der Waals surface area contributed by atoms with Crippen molar-refractivity contribution in [2.75, 3.05) is 0 Å². The number of benzene rings is 2. The van der Waals surface area contributed by atoms with Crippen molar-refractivity contribution in [2.45, 2.75) is 71.5 Å². The average Bonchev–Trinajstić information content (AvgIpc) is 2.71. The molecule has 1 fully saturated rings. The highest BCUT2D eigenvalue weighted by Crippen LogP contribution is 2.37. The Hall–Kier alpha value is -1.93. The Morgan fingerprint density at radius 3 is 2.34 bits per heavy atom. The molecule has 1 saturated carbocycles. The highest BCUT2D eigenvalue weighted by Gasteiger charge is 2.34. The highest BCUT2D eigenvalue weighted by molar-refractivity contribution is 6.91. The second-order valence-electron chi connectivity index (χ2n) is 9.89. The summed E-state index contributed by atoms with van der Waals surface area (Å²) in [4.78, 5) is 0. The number of pyridine rings is 1. The SMILES string of the molecule is Cc1cc(C)c(C)c(-c2c3ccc([Si](C)(C)C4CCCCC4)cc3cc[n+]2C)c1. The van der Waals surface area contributed by atoms with Crippen LogP contribution < -0.4 is 9.75 Å². The van der Waals surface area contributed by atoms with E-state index in [4.69, 9.17) is 0 Å². The third-order valence-electron chi connectivity index (χ3n) is 7.57. The average molecular weight is 403 g/mol. The molecule has 29 heavy (non-hydrogen) atoms. The summed E-state index contributed by atoms with van der Waals surface area (Å²) in [5.74, 6) is 0. The molecule has 0 aliphatic heterocycles. The Morgan fingerprint density at radius 2 is 1.62 bits per heavy atom. The second kappa shape index (κ2) is 7.72. The zero-order valence-corrected chi connectivity index (χ0v) is 20.1. The van der Waals surface area contributed by atoms with E-state index in [1.807, 2.05) is 0 Å². The van der Waals surface area contributed by atoms with Crippen molar-refractivity contribution >= 4 is 24.0 Å². The van der Waals surface area contributed by atoms with Gasteiger partial charge < -0.3 is 0 Å². The Morgan fingerprint density at radius 1 is 0.897 bits per heavy atom. The van der Waals surface area contributed by atoms with Crippen molar-refractivity contribution in [3.05, 3.63) is 59.3 Å². The lowest BCUT2D eigenvalue weighted by atomic mass is 9.94. The molecule has 2 aromatic carbocycles. The fourth-order valence-electron chi connectivity index (χ4n) is 5.45. The van der Waals surface area contributed by atoms with E-state index in [1.165, 1.54) is 70.8 Å². The van der Waals surface area contributed by atoms with E-state index in [0.29, 0.717) is 0 Å². The van der Waals surface area contributed by atoms with E-state index >= 15 is 0 Å². The first-order valence-corrected chi connectivity index (χ1v) is 14.4. The molecule has 2 heteroatoms. The van der Waals surface area contributed by atoms with Crippen LogP contribution in [0, 0.1) is 20.8 Å². The summed E-state index contributed by atoms with van der Waals surface area (Å²) in [6.07, 6.45) is 9.42. The molecule has 1 heterocycles. The molecule has 152 valence electrons. The summed E-state index contributed by atoms with van der Waals surface area (Å²) in [6.45, 7) is 11.9. The van der Waals surface area contributed by atoms with E-state index in [0.717, 1.165) is 5.54 Å². The fraction of sp³-hybridized carbons (Fsp3) is 0.444. The number of rotatable bonds is 3. The second-order valence-corrected chi connectivity index (χ2v) is 14.7. The first-order valence-electron chi connectivity index (χ1n) is 11.3. The first kappa shape index (κ1) is 20.3. The minimum absolute atomic E-state index is 0.940. The number of hydrogen-bond acceptors (Lipinski definition) is 0. The van der Waals surface area contributed by atoms with Crippen molar-refractivity contribution < 1.29 is 4.57 Å². The Bertz CT molecular complexity index is 1060. The number of nitrogens with zero attached hydrogens (tertiary/aromatic N) is 1. The van der Waals surface area contributed by atoms with Gasteiger partial charge in [0.05, 0.1) is 19.0 Å². The summed E-state index contributed by atoms with van der Waals surface area (Å²) in [7, 11) is 0.739. The molecule has 0 bridgehead atoms. The molecule has 0 spiro atoms. The van der Waals surface area contributed by atoms with Gasteiger partial charge in [0.25, 0.3) is 0 Å². The molecule has 1 aliphatic carbocycles. The van der Waals surface area contributed by atoms with Gasteiger partial charge in [0, 0.05) is 6.07 Å². The third kappa shape index (κ3) is 3.68. The van der Waals surface area contributed by atoms with Crippen LogP contribution in [0.3, 0.4) is 0 Å². The molecule has 0 amide bonds. The van der Waals surface area contributed by atoms with Crippen LogP contribution >= 0.6 is 0 Å². The fourth-order valence-corrected chi connectivity index (χ4v) is 8.82. The molecular weight excluding hydrogens is 366 g/mol. The molecule has 4 rings (SSSR count). The summed E-state index contributed by atoms with van der Waals surface area (Å²) in [5.41, 5.74) is 7.75. The molecule has 0 radical (unpaired) electrons. The maximum atomic E-state index is 2.60. The van der Waals surface area contributed by atoms with Gasteiger partial charge in [0.2, 0.25) is 5.69 Å². The topological polar surface area (TPSA) is 3.88 Å². The first-order chi connectivity index (χ1) is 13.8. The van der Waals surface area contributed by atoms with Crippen LogP contribution in [0.2, 0.25) is 18.6 Å². The quantitative estimate of drug-likeness (QED) is 0.347. The highest BCUT2D eigenvalue weighted by atomic mass is 28.3. The monoisotopic (exact) mass is 402 g/mol. The smallest absolute Gasteiger partial charge is 0.200 e. The lowest BCUT2D eigenvalue weighted by Crippen LogP contribution is -2.46.